The first-order chi connectivity index (χ1) is 11.1. The average molecular weight is 444 g/mol. The predicted molar refractivity (Wildman–Crippen MR) is 112 cm³/mol. The van der Waals surface area contributed by atoms with Crippen LogP contribution in [0.5, 0.6) is 0 Å². The van der Waals surface area contributed by atoms with E-state index in [1.807, 2.05) is 37.4 Å². The summed E-state index contributed by atoms with van der Waals surface area (Å²) in [6.07, 6.45) is 4.84. The van der Waals surface area contributed by atoms with Crippen molar-refractivity contribution in [3.63, 3.8) is 0 Å². The van der Waals surface area contributed by atoms with Crippen LogP contribution < -0.4 is 10.6 Å². The second-order valence-corrected chi connectivity index (χ2v) is 5.36. The maximum atomic E-state index is 11.6. The van der Waals surface area contributed by atoms with Crippen LogP contribution in [0.25, 0.3) is 0 Å². The quantitative estimate of drug-likeness (QED) is 0.213. The third kappa shape index (κ3) is 7.81. The third-order valence-corrected chi connectivity index (χ3v) is 3.59. The number of halogens is 1. The van der Waals surface area contributed by atoms with Gasteiger partial charge in [-0.15, -0.1) is 30.6 Å². The van der Waals surface area contributed by atoms with E-state index in [0.29, 0.717) is 5.56 Å². The molecule has 0 aliphatic rings. The van der Waals surface area contributed by atoms with Crippen molar-refractivity contribution in [2.75, 3.05) is 34.2 Å². The van der Waals surface area contributed by atoms with Crippen LogP contribution >= 0.6 is 24.0 Å². The largest absolute Gasteiger partial charge is 0.356 e. The van der Waals surface area contributed by atoms with Gasteiger partial charge in [0.05, 0.1) is 0 Å². The van der Waals surface area contributed by atoms with E-state index in [2.05, 4.69) is 27.1 Å². The number of aliphatic imine (C=N–C) groups is 1. The van der Waals surface area contributed by atoms with Crippen molar-refractivity contribution in [1.29, 1.82) is 0 Å². The Morgan fingerprint density at radius 1 is 1.42 bits per heavy atom. The molecular weight excluding hydrogens is 415 g/mol. The summed E-state index contributed by atoms with van der Waals surface area (Å²) in [4.78, 5) is 18.1. The normalized spacial score (nSPS) is 10.5. The Morgan fingerprint density at radius 3 is 2.79 bits per heavy atom. The molecule has 1 aromatic carbocycles. The number of guanidine groups is 1. The molecule has 2 N–H and O–H groups in total. The van der Waals surface area contributed by atoms with Crippen LogP contribution in [0.2, 0.25) is 0 Å². The van der Waals surface area contributed by atoms with Gasteiger partial charge in [-0.2, -0.15) is 0 Å². The molecule has 0 saturated heterocycles. The molecule has 0 unspecified atom stereocenters. The van der Waals surface area contributed by atoms with Gasteiger partial charge in [-0.3, -0.25) is 9.79 Å². The molecule has 0 aliphatic carbocycles. The number of carbonyl (C=O) groups is 1. The molecule has 0 heterocycles. The van der Waals surface area contributed by atoms with Gasteiger partial charge in [-0.1, -0.05) is 18.2 Å². The zero-order valence-electron chi connectivity index (χ0n) is 14.8. The van der Waals surface area contributed by atoms with Crippen LogP contribution in [0, 0.1) is 0 Å². The number of nitrogens with zero attached hydrogens (tertiary/aromatic N) is 2. The van der Waals surface area contributed by atoms with Gasteiger partial charge in [-0.05, 0) is 37.0 Å². The highest BCUT2D eigenvalue weighted by atomic mass is 127. The monoisotopic (exact) mass is 444 g/mol. The lowest BCUT2D eigenvalue weighted by Gasteiger charge is -2.21. The van der Waals surface area contributed by atoms with E-state index in [-0.39, 0.29) is 29.9 Å². The van der Waals surface area contributed by atoms with Crippen LogP contribution in [-0.4, -0.2) is 51.0 Å². The van der Waals surface area contributed by atoms with Gasteiger partial charge in [0.25, 0.3) is 5.91 Å². The summed E-state index contributed by atoms with van der Waals surface area (Å²) in [6, 6.07) is 7.69. The van der Waals surface area contributed by atoms with E-state index in [1.54, 1.807) is 14.1 Å². The lowest BCUT2D eigenvalue weighted by molar-refractivity contribution is 0.0963. The van der Waals surface area contributed by atoms with Crippen LogP contribution in [0.4, 0.5) is 0 Å². The molecule has 0 atom stereocenters. The number of amides is 1. The van der Waals surface area contributed by atoms with Gasteiger partial charge in [-0.25, -0.2) is 0 Å². The Kier molecular flexibility index (Phi) is 12.0. The molecule has 24 heavy (non-hydrogen) atoms. The zero-order chi connectivity index (χ0) is 17.1. The van der Waals surface area contributed by atoms with Gasteiger partial charge >= 0.3 is 0 Å². The van der Waals surface area contributed by atoms with Crippen LogP contribution in [0.3, 0.4) is 0 Å². The summed E-state index contributed by atoms with van der Waals surface area (Å²) in [6.45, 7) is 5.45. The van der Waals surface area contributed by atoms with Crippen molar-refractivity contribution in [3.8, 4) is 0 Å². The molecule has 0 spiro atoms. The average Bonchev–Trinajstić information content (AvgIpc) is 2.58. The SMILES string of the molecule is C=CCCCN(C)C(=NC)NCCc1cccc(C(=O)NC)c1.I. The number of allylic oxidation sites excluding steroid dienone is 1. The summed E-state index contributed by atoms with van der Waals surface area (Å²) >= 11 is 0. The van der Waals surface area contributed by atoms with E-state index in [4.69, 9.17) is 0 Å². The van der Waals surface area contributed by atoms with Gasteiger partial charge in [0, 0.05) is 39.8 Å². The molecule has 0 saturated carbocycles. The Morgan fingerprint density at radius 2 is 2.17 bits per heavy atom. The maximum Gasteiger partial charge on any atom is 0.251 e. The minimum atomic E-state index is -0.0578. The minimum Gasteiger partial charge on any atom is -0.356 e. The number of carbonyl (C=O) groups excluding carboxylic acids is 1. The maximum absolute atomic E-state index is 11.6. The van der Waals surface area contributed by atoms with Crippen molar-refractivity contribution in [2.45, 2.75) is 19.3 Å². The van der Waals surface area contributed by atoms with E-state index in [0.717, 1.165) is 43.9 Å². The second kappa shape index (κ2) is 12.8. The van der Waals surface area contributed by atoms with E-state index < -0.39 is 0 Å². The van der Waals surface area contributed by atoms with E-state index >= 15 is 0 Å². The summed E-state index contributed by atoms with van der Waals surface area (Å²) in [5, 5.41) is 6.00. The van der Waals surface area contributed by atoms with Crippen LogP contribution in [0.1, 0.15) is 28.8 Å². The summed E-state index contributed by atoms with van der Waals surface area (Å²) < 4.78 is 0. The number of benzene rings is 1. The standard InChI is InChI=1S/C18H28N4O.HI/c1-5-6-7-13-22(4)18(20-3)21-12-11-15-9-8-10-16(14-15)17(23)19-2;/h5,8-10,14H,1,6-7,11-13H2,2-4H3,(H,19,23)(H,20,21);1H. The Labute approximate surface area is 162 Å². The highest BCUT2D eigenvalue weighted by Gasteiger charge is 2.06. The van der Waals surface area contributed by atoms with Gasteiger partial charge in [0.1, 0.15) is 0 Å². The Bertz CT molecular complexity index is 546. The highest BCUT2D eigenvalue weighted by Crippen LogP contribution is 2.06. The Hall–Kier alpha value is -1.57. The molecule has 6 heteroatoms. The fraction of sp³-hybridized carbons (Fsp3) is 0.444. The smallest absolute Gasteiger partial charge is 0.251 e. The second-order valence-electron chi connectivity index (χ2n) is 5.36. The van der Waals surface area contributed by atoms with Crippen LogP contribution in [0.15, 0.2) is 41.9 Å². The molecule has 1 amide bonds. The molecule has 1 aromatic rings. The number of hydrogen-bond donors (Lipinski definition) is 2. The first-order valence-electron chi connectivity index (χ1n) is 7.96. The van der Waals surface area contributed by atoms with Crippen molar-refractivity contribution in [3.05, 3.63) is 48.0 Å². The number of nitrogens with one attached hydrogen (secondary N) is 2. The number of unbranched alkanes of at least 4 members (excludes halogenated alkanes) is 1. The topological polar surface area (TPSA) is 56.7 Å². The first kappa shape index (κ1) is 22.4. The van der Waals surface area contributed by atoms with Crippen LogP contribution in [-0.2, 0) is 6.42 Å². The third-order valence-electron chi connectivity index (χ3n) is 3.59. The highest BCUT2D eigenvalue weighted by molar-refractivity contribution is 14.0. The molecule has 0 fully saturated rings. The van der Waals surface area contributed by atoms with Crippen molar-refractivity contribution in [1.82, 2.24) is 15.5 Å². The van der Waals surface area contributed by atoms with Crippen molar-refractivity contribution in [2.24, 2.45) is 4.99 Å². The molecular formula is C18H29IN4O. The molecule has 0 bridgehead atoms. The fourth-order valence-electron chi connectivity index (χ4n) is 2.29. The zero-order valence-corrected chi connectivity index (χ0v) is 17.2. The Balaban J connectivity index is 0.00000529. The molecule has 134 valence electrons. The summed E-state index contributed by atoms with van der Waals surface area (Å²) in [5.41, 5.74) is 1.82. The first-order valence-corrected chi connectivity index (χ1v) is 7.96. The molecule has 1 rings (SSSR count). The fourth-order valence-corrected chi connectivity index (χ4v) is 2.29. The van der Waals surface area contributed by atoms with E-state index in [9.17, 15) is 4.79 Å². The van der Waals surface area contributed by atoms with Crippen molar-refractivity contribution < 1.29 is 4.79 Å². The van der Waals surface area contributed by atoms with Crippen molar-refractivity contribution >= 4 is 35.8 Å². The number of hydrogen-bond acceptors (Lipinski definition) is 2. The predicted octanol–water partition coefficient (Wildman–Crippen LogP) is 2.68. The minimum absolute atomic E-state index is 0. The number of rotatable bonds is 8. The molecule has 0 radical (unpaired) electrons. The van der Waals surface area contributed by atoms with Gasteiger partial charge in [0.2, 0.25) is 0 Å². The summed E-state index contributed by atoms with van der Waals surface area (Å²) in [7, 11) is 5.46. The van der Waals surface area contributed by atoms with Gasteiger partial charge < -0.3 is 15.5 Å². The summed E-state index contributed by atoms with van der Waals surface area (Å²) in [5.74, 6) is 0.828. The molecule has 0 aromatic heterocycles. The molecule has 5 nitrogen and oxygen atoms in total. The lowest BCUT2D eigenvalue weighted by atomic mass is 10.1. The lowest BCUT2D eigenvalue weighted by Crippen LogP contribution is -2.40. The van der Waals surface area contributed by atoms with E-state index in [1.165, 1.54) is 0 Å². The molecule has 0 aliphatic heterocycles. The van der Waals surface area contributed by atoms with Gasteiger partial charge in [0.15, 0.2) is 5.96 Å².